The minimum atomic E-state index is -0.560. The maximum absolute atomic E-state index is 12.3. The van der Waals surface area contributed by atoms with E-state index in [4.69, 9.17) is 4.74 Å². The number of anilines is 1. The van der Waals surface area contributed by atoms with Gasteiger partial charge in [-0.2, -0.15) is 9.78 Å². The van der Waals surface area contributed by atoms with E-state index in [9.17, 15) is 9.59 Å². The molecule has 0 unspecified atom stereocenters. The van der Waals surface area contributed by atoms with Gasteiger partial charge in [0.25, 0.3) is 0 Å². The summed E-state index contributed by atoms with van der Waals surface area (Å²) in [5, 5.41) is 10.6. The van der Waals surface area contributed by atoms with Crippen LogP contribution in [0.4, 0.5) is 10.6 Å². The number of esters is 1. The van der Waals surface area contributed by atoms with E-state index in [1.807, 2.05) is 37.3 Å². The number of rotatable bonds is 6. The second-order valence-corrected chi connectivity index (χ2v) is 5.78. The highest BCUT2D eigenvalue weighted by Crippen LogP contribution is 2.22. The van der Waals surface area contributed by atoms with E-state index in [1.165, 1.54) is 10.9 Å². The summed E-state index contributed by atoms with van der Waals surface area (Å²) >= 11 is 0. The molecule has 8 nitrogen and oxygen atoms in total. The molecule has 1 aromatic carbocycles. The Morgan fingerprint density at radius 2 is 1.96 bits per heavy atom. The van der Waals surface area contributed by atoms with Gasteiger partial charge >= 0.3 is 12.0 Å². The van der Waals surface area contributed by atoms with Crippen molar-refractivity contribution in [2.75, 3.05) is 18.5 Å². The summed E-state index contributed by atoms with van der Waals surface area (Å²) in [6.07, 6.45) is 2.16. The molecule has 0 atom stereocenters. The van der Waals surface area contributed by atoms with Gasteiger partial charge in [-0.25, -0.2) is 14.6 Å². The topological polar surface area (TPSA) is 98.1 Å². The van der Waals surface area contributed by atoms with Gasteiger partial charge in [-0.3, -0.25) is 5.32 Å². The molecule has 2 aromatic heterocycles. The Labute approximate surface area is 156 Å². The van der Waals surface area contributed by atoms with Gasteiger partial charge in [0.2, 0.25) is 0 Å². The van der Waals surface area contributed by atoms with Crippen molar-refractivity contribution in [2.24, 2.45) is 0 Å². The van der Waals surface area contributed by atoms with E-state index in [0.29, 0.717) is 12.4 Å². The molecule has 0 aliphatic heterocycles. The van der Waals surface area contributed by atoms with Crippen molar-refractivity contribution < 1.29 is 14.3 Å². The number of aromatic nitrogens is 3. The highest BCUT2D eigenvalue weighted by molar-refractivity contribution is 6.00. The Hall–Kier alpha value is -3.42. The summed E-state index contributed by atoms with van der Waals surface area (Å²) in [6, 6.07) is 10.9. The number of urea groups is 1. The molecule has 0 saturated heterocycles. The fraction of sp³-hybridized carbons (Fsp3) is 0.263. The zero-order valence-electron chi connectivity index (χ0n) is 15.2. The standard InChI is InChI=1S/C19H21N5O3/c1-3-11-20-19(26)23-17-14(18(25)27-4-2)12-21-24(17)16-10-9-13-7-5-6-8-15(13)22-16/h5-10,12H,3-4,11H2,1-2H3,(H2,20,23,26). The van der Waals surface area contributed by atoms with Gasteiger partial charge in [-0.05, 0) is 31.5 Å². The Kier molecular flexibility index (Phi) is 5.65. The van der Waals surface area contributed by atoms with Crippen molar-refractivity contribution in [3.8, 4) is 5.82 Å². The number of para-hydroxylation sites is 1. The number of pyridine rings is 1. The molecule has 0 saturated carbocycles. The number of amides is 2. The van der Waals surface area contributed by atoms with Gasteiger partial charge < -0.3 is 10.1 Å². The molecule has 2 amide bonds. The molecule has 0 aliphatic carbocycles. The second-order valence-electron chi connectivity index (χ2n) is 5.78. The third-order valence-electron chi connectivity index (χ3n) is 3.83. The van der Waals surface area contributed by atoms with Crippen LogP contribution in [0.5, 0.6) is 0 Å². The van der Waals surface area contributed by atoms with E-state index >= 15 is 0 Å². The number of fused-ring (bicyclic) bond motifs is 1. The summed E-state index contributed by atoms with van der Waals surface area (Å²) in [4.78, 5) is 29.0. The van der Waals surface area contributed by atoms with E-state index in [1.54, 1.807) is 13.0 Å². The van der Waals surface area contributed by atoms with Crippen LogP contribution in [0.2, 0.25) is 0 Å². The molecular formula is C19H21N5O3. The lowest BCUT2D eigenvalue weighted by atomic mass is 10.2. The summed E-state index contributed by atoms with van der Waals surface area (Å²) in [6.45, 7) is 4.41. The largest absolute Gasteiger partial charge is 0.462 e. The number of nitrogens with zero attached hydrogens (tertiary/aromatic N) is 3. The molecule has 0 bridgehead atoms. The van der Waals surface area contributed by atoms with Gasteiger partial charge in [0.05, 0.1) is 18.3 Å². The molecular weight excluding hydrogens is 346 g/mol. The number of ether oxygens (including phenoxy) is 1. The normalized spacial score (nSPS) is 10.6. The molecule has 0 radical (unpaired) electrons. The first kappa shape index (κ1) is 18.4. The molecule has 0 fully saturated rings. The third kappa shape index (κ3) is 4.05. The van der Waals surface area contributed by atoms with Crippen molar-refractivity contribution in [3.05, 3.63) is 48.2 Å². The van der Waals surface area contributed by atoms with Crippen molar-refractivity contribution in [1.82, 2.24) is 20.1 Å². The Morgan fingerprint density at radius 1 is 1.15 bits per heavy atom. The smallest absolute Gasteiger partial charge is 0.343 e. The predicted octanol–water partition coefficient (Wildman–Crippen LogP) is 3.13. The van der Waals surface area contributed by atoms with Crippen LogP contribution >= 0.6 is 0 Å². The molecule has 0 aliphatic rings. The van der Waals surface area contributed by atoms with Crippen molar-refractivity contribution in [3.63, 3.8) is 0 Å². The lowest BCUT2D eigenvalue weighted by molar-refractivity contribution is 0.0527. The summed E-state index contributed by atoms with van der Waals surface area (Å²) in [5.74, 6) is 0.134. The first-order chi connectivity index (χ1) is 13.1. The van der Waals surface area contributed by atoms with Crippen LogP contribution < -0.4 is 10.6 Å². The number of nitrogens with one attached hydrogen (secondary N) is 2. The number of carbonyl (C=O) groups excluding carboxylic acids is 2. The van der Waals surface area contributed by atoms with Crippen LogP contribution in [0.1, 0.15) is 30.6 Å². The third-order valence-corrected chi connectivity index (χ3v) is 3.83. The average Bonchev–Trinajstić information content (AvgIpc) is 3.09. The van der Waals surface area contributed by atoms with Crippen molar-refractivity contribution >= 4 is 28.7 Å². The summed E-state index contributed by atoms with van der Waals surface area (Å²) in [5.41, 5.74) is 0.947. The average molecular weight is 367 g/mol. The zero-order valence-corrected chi connectivity index (χ0v) is 15.2. The number of hydrogen-bond acceptors (Lipinski definition) is 5. The maximum atomic E-state index is 12.3. The second kappa shape index (κ2) is 8.31. The van der Waals surface area contributed by atoms with Crippen LogP contribution in [0.25, 0.3) is 16.7 Å². The van der Waals surface area contributed by atoms with Gasteiger partial charge in [0, 0.05) is 11.9 Å². The molecule has 3 aromatic rings. The lowest BCUT2D eigenvalue weighted by Crippen LogP contribution is -2.31. The van der Waals surface area contributed by atoms with Crippen LogP contribution in [-0.2, 0) is 4.74 Å². The van der Waals surface area contributed by atoms with E-state index in [2.05, 4.69) is 20.7 Å². The van der Waals surface area contributed by atoms with E-state index < -0.39 is 12.0 Å². The quantitative estimate of drug-likeness (QED) is 0.652. The predicted molar refractivity (Wildman–Crippen MR) is 102 cm³/mol. The first-order valence-electron chi connectivity index (χ1n) is 8.80. The van der Waals surface area contributed by atoms with Crippen LogP contribution in [-0.4, -0.2) is 39.9 Å². The molecule has 140 valence electrons. The molecule has 3 rings (SSSR count). The number of hydrogen-bond donors (Lipinski definition) is 2. The molecule has 27 heavy (non-hydrogen) atoms. The lowest BCUT2D eigenvalue weighted by Gasteiger charge is -2.11. The Morgan fingerprint density at radius 3 is 2.74 bits per heavy atom. The van der Waals surface area contributed by atoms with Gasteiger partial charge in [0.15, 0.2) is 11.6 Å². The van der Waals surface area contributed by atoms with Crippen molar-refractivity contribution in [1.29, 1.82) is 0 Å². The van der Waals surface area contributed by atoms with Crippen LogP contribution in [0.3, 0.4) is 0 Å². The van der Waals surface area contributed by atoms with Gasteiger partial charge in [-0.1, -0.05) is 25.1 Å². The van der Waals surface area contributed by atoms with E-state index in [-0.39, 0.29) is 18.0 Å². The highest BCUT2D eigenvalue weighted by Gasteiger charge is 2.22. The van der Waals surface area contributed by atoms with E-state index in [0.717, 1.165) is 17.3 Å². The Balaban J connectivity index is 2.02. The molecule has 2 N–H and O–H groups in total. The van der Waals surface area contributed by atoms with Gasteiger partial charge in [-0.15, -0.1) is 0 Å². The fourth-order valence-corrected chi connectivity index (χ4v) is 2.56. The summed E-state index contributed by atoms with van der Waals surface area (Å²) < 4.78 is 6.49. The Bertz CT molecular complexity index is 967. The first-order valence-corrected chi connectivity index (χ1v) is 8.80. The van der Waals surface area contributed by atoms with Crippen molar-refractivity contribution in [2.45, 2.75) is 20.3 Å². The summed E-state index contributed by atoms with van der Waals surface area (Å²) in [7, 11) is 0. The number of benzene rings is 1. The number of carbonyl (C=O) groups is 2. The fourth-order valence-electron chi connectivity index (χ4n) is 2.56. The SMILES string of the molecule is CCCNC(=O)Nc1c(C(=O)OCC)cnn1-c1ccc2ccccc2n1. The zero-order chi connectivity index (χ0) is 19.2. The molecule has 8 heteroatoms. The minimum absolute atomic E-state index is 0.165. The van der Waals surface area contributed by atoms with Crippen LogP contribution in [0.15, 0.2) is 42.6 Å². The molecule has 0 spiro atoms. The molecule has 2 heterocycles. The van der Waals surface area contributed by atoms with Gasteiger partial charge in [0.1, 0.15) is 5.56 Å². The minimum Gasteiger partial charge on any atom is -0.462 e. The maximum Gasteiger partial charge on any atom is 0.343 e. The van der Waals surface area contributed by atoms with Crippen LogP contribution in [0, 0.1) is 0 Å². The monoisotopic (exact) mass is 367 g/mol. The highest BCUT2D eigenvalue weighted by atomic mass is 16.5.